The van der Waals surface area contributed by atoms with E-state index in [0.717, 1.165) is 0 Å². The van der Waals surface area contributed by atoms with Crippen LogP contribution in [-0.2, 0) is 0 Å². The monoisotopic (exact) mass is 271 g/mol. The van der Waals surface area contributed by atoms with Crippen LogP contribution in [0.5, 0.6) is 0 Å². The zero-order valence-corrected chi connectivity index (χ0v) is 10.4. The lowest BCUT2D eigenvalue weighted by molar-refractivity contribution is 0.103. The minimum Gasteiger partial charge on any atom is -0.319 e. The van der Waals surface area contributed by atoms with Crippen LogP contribution >= 0.6 is 34.5 Å². The Bertz CT molecular complexity index is 490. The lowest BCUT2D eigenvalue weighted by Crippen LogP contribution is -2.10. The van der Waals surface area contributed by atoms with Crippen molar-refractivity contribution in [2.75, 3.05) is 5.32 Å². The molecule has 0 atom stereocenters. The number of anilines is 1. The van der Waals surface area contributed by atoms with E-state index in [1.54, 1.807) is 24.3 Å². The molecule has 1 amide bonds. The molecular formula is C11H7Cl2NOS. The van der Waals surface area contributed by atoms with Crippen molar-refractivity contribution in [2.45, 2.75) is 0 Å². The van der Waals surface area contributed by atoms with E-state index in [0.29, 0.717) is 20.6 Å². The van der Waals surface area contributed by atoms with E-state index < -0.39 is 0 Å². The van der Waals surface area contributed by atoms with Crippen molar-refractivity contribution in [3.8, 4) is 0 Å². The van der Waals surface area contributed by atoms with Gasteiger partial charge in [0.25, 0.3) is 5.91 Å². The van der Waals surface area contributed by atoms with Crippen molar-refractivity contribution in [2.24, 2.45) is 0 Å². The Labute approximate surface area is 107 Å². The molecule has 0 saturated heterocycles. The molecular weight excluding hydrogens is 265 g/mol. The molecule has 0 spiro atoms. The van der Waals surface area contributed by atoms with E-state index in [9.17, 15) is 4.79 Å². The van der Waals surface area contributed by atoms with Crippen LogP contribution in [0, 0.1) is 0 Å². The van der Waals surface area contributed by atoms with E-state index in [4.69, 9.17) is 23.2 Å². The number of benzene rings is 1. The molecule has 0 aliphatic rings. The molecule has 0 saturated carbocycles. The van der Waals surface area contributed by atoms with Gasteiger partial charge in [-0.25, -0.2) is 0 Å². The summed E-state index contributed by atoms with van der Waals surface area (Å²) in [6.45, 7) is 0. The Hall–Kier alpha value is -1.03. The Kier molecular flexibility index (Phi) is 3.49. The summed E-state index contributed by atoms with van der Waals surface area (Å²) in [6, 6.07) is 8.64. The number of thiophene rings is 1. The van der Waals surface area contributed by atoms with Gasteiger partial charge in [-0.3, -0.25) is 4.79 Å². The van der Waals surface area contributed by atoms with Crippen LogP contribution in [0.1, 0.15) is 9.67 Å². The van der Waals surface area contributed by atoms with Crippen LogP contribution in [0.25, 0.3) is 0 Å². The van der Waals surface area contributed by atoms with Gasteiger partial charge in [0.1, 0.15) is 0 Å². The Balaban J connectivity index is 2.25. The Morgan fingerprint density at radius 2 is 1.81 bits per heavy atom. The van der Waals surface area contributed by atoms with Gasteiger partial charge in [0.15, 0.2) is 0 Å². The topological polar surface area (TPSA) is 29.1 Å². The van der Waals surface area contributed by atoms with Gasteiger partial charge in [0.2, 0.25) is 0 Å². The van der Waals surface area contributed by atoms with Crippen molar-refractivity contribution in [1.82, 2.24) is 0 Å². The second kappa shape index (κ2) is 4.87. The summed E-state index contributed by atoms with van der Waals surface area (Å²) in [6.07, 6.45) is 0. The van der Waals surface area contributed by atoms with Gasteiger partial charge in [-0.05, 0) is 23.6 Å². The van der Waals surface area contributed by atoms with Gasteiger partial charge in [-0.1, -0.05) is 35.3 Å². The van der Waals surface area contributed by atoms with Crippen molar-refractivity contribution in [3.05, 3.63) is 50.6 Å². The molecule has 0 aliphatic heterocycles. The molecule has 16 heavy (non-hydrogen) atoms. The standard InChI is InChI=1S/C11H7Cl2NOS/c12-7-3-1-4-8(13)10(7)14-11(15)9-5-2-6-16-9/h1-6H,(H,14,15). The normalized spacial score (nSPS) is 10.1. The third-order valence-corrected chi connectivity index (χ3v) is 3.44. The lowest BCUT2D eigenvalue weighted by Gasteiger charge is -2.07. The van der Waals surface area contributed by atoms with Crippen LogP contribution in [0.15, 0.2) is 35.7 Å². The van der Waals surface area contributed by atoms with Crippen LogP contribution in [0.4, 0.5) is 5.69 Å². The first kappa shape index (κ1) is 11.5. The highest BCUT2D eigenvalue weighted by Crippen LogP contribution is 2.30. The fraction of sp³-hybridized carbons (Fsp3) is 0. The number of carbonyl (C=O) groups excluding carboxylic acids is 1. The first-order valence-corrected chi connectivity index (χ1v) is 6.11. The first-order valence-electron chi connectivity index (χ1n) is 4.47. The van der Waals surface area contributed by atoms with Crippen molar-refractivity contribution in [3.63, 3.8) is 0 Å². The van der Waals surface area contributed by atoms with Crippen LogP contribution < -0.4 is 5.32 Å². The average Bonchev–Trinajstić information content (AvgIpc) is 2.76. The van der Waals surface area contributed by atoms with Gasteiger partial charge in [0.05, 0.1) is 20.6 Å². The van der Waals surface area contributed by atoms with Crippen LogP contribution in [0.2, 0.25) is 10.0 Å². The quantitative estimate of drug-likeness (QED) is 0.867. The van der Waals surface area contributed by atoms with E-state index in [1.165, 1.54) is 11.3 Å². The highest BCUT2D eigenvalue weighted by atomic mass is 35.5. The molecule has 0 bridgehead atoms. The first-order chi connectivity index (χ1) is 7.68. The smallest absolute Gasteiger partial charge is 0.265 e. The molecule has 0 fully saturated rings. The SMILES string of the molecule is O=C(Nc1c(Cl)cccc1Cl)c1cccs1. The summed E-state index contributed by atoms with van der Waals surface area (Å²) >= 11 is 13.2. The molecule has 1 N–H and O–H groups in total. The minimum absolute atomic E-state index is 0.204. The molecule has 1 heterocycles. The van der Waals surface area contributed by atoms with Gasteiger partial charge in [-0.2, -0.15) is 0 Å². The molecule has 2 rings (SSSR count). The highest BCUT2D eigenvalue weighted by Gasteiger charge is 2.11. The molecule has 2 nitrogen and oxygen atoms in total. The van der Waals surface area contributed by atoms with Crippen LogP contribution in [0.3, 0.4) is 0 Å². The summed E-state index contributed by atoms with van der Waals surface area (Å²) in [7, 11) is 0. The predicted molar refractivity (Wildman–Crippen MR) is 68.7 cm³/mol. The summed E-state index contributed by atoms with van der Waals surface area (Å²) in [5.74, 6) is -0.204. The highest BCUT2D eigenvalue weighted by molar-refractivity contribution is 7.12. The number of rotatable bonds is 2. The largest absolute Gasteiger partial charge is 0.319 e. The third kappa shape index (κ3) is 2.38. The number of amides is 1. The number of para-hydroxylation sites is 1. The second-order valence-corrected chi connectivity index (χ2v) is 4.79. The molecule has 0 unspecified atom stereocenters. The maximum Gasteiger partial charge on any atom is 0.265 e. The Morgan fingerprint density at radius 1 is 1.12 bits per heavy atom. The molecule has 2 aromatic rings. The van der Waals surface area contributed by atoms with Gasteiger partial charge >= 0.3 is 0 Å². The molecule has 5 heteroatoms. The molecule has 0 radical (unpaired) electrons. The van der Waals surface area contributed by atoms with Crippen molar-refractivity contribution in [1.29, 1.82) is 0 Å². The number of carbonyl (C=O) groups is 1. The number of nitrogens with one attached hydrogen (secondary N) is 1. The summed E-state index contributed by atoms with van der Waals surface area (Å²) in [4.78, 5) is 12.4. The molecule has 0 aliphatic carbocycles. The van der Waals surface area contributed by atoms with E-state index in [2.05, 4.69) is 5.32 Å². The van der Waals surface area contributed by atoms with Gasteiger partial charge in [-0.15, -0.1) is 11.3 Å². The predicted octanol–water partition coefficient (Wildman–Crippen LogP) is 4.31. The van der Waals surface area contributed by atoms with E-state index in [1.807, 2.05) is 11.4 Å². The lowest BCUT2D eigenvalue weighted by atomic mass is 10.3. The van der Waals surface area contributed by atoms with Crippen LogP contribution in [-0.4, -0.2) is 5.91 Å². The zero-order chi connectivity index (χ0) is 11.5. The zero-order valence-electron chi connectivity index (χ0n) is 8.04. The van der Waals surface area contributed by atoms with Gasteiger partial charge in [0, 0.05) is 0 Å². The fourth-order valence-electron chi connectivity index (χ4n) is 1.20. The number of hydrogen-bond donors (Lipinski definition) is 1. The third-order valence-electron chi connectivity index (χ3n) is 1.95. The molecule has 1 aromatic heterocycles. The van der Waals surface area contributed by atoms with Crippen molar-refractivity contribution >= 4 is 46.1 Å². The maximum atomic E-state index is 11.8. The average molecular weight is 272 g/mol. The van der Waals surface area contributed by atoms with E-state index >= 15 is 0 Å². The molecule has 1 aromatic carbocycles. The number of halogens is 2. The van der Waals surface area contributed by atoms with Crippen molar-refractivity contribution < 1.29 is 4.79 Å². The van der Waals surface area contributed by atoms with Gasteiger partial charge < -0.3 is 5.32 Å². The summed E-state index contributed by atoms with van der Waals surface area (Å²) < 4.78 is 0. The summed E-state index contributed by atoms with van der Waals surface area (Å²) in [5.41, 5.74) is 0.448. The second-order valence-electron chi connectivity index (χ2n) is 3.03. The minimum atomic E-state index is -0.204. The summed E-state index contributed by atoms with van der Waals surface area (Å²) in [5, 5.41) is 5.38. The van der Waals surface area contributed by atoms with E-state index in [-0.39, 0.29) is 5.91 Å². The molecule has 82 valence electrons. The Morgan fingerprint density at radius 3 is 2.38 bits per heavy atom. The maximum absolute atomic E-state index is 11.8. The number of hydrogen-bond acceptors (Lipinski definition) is 2. The fourth-order valence-corrected chi connectivity index (χ4v) is 2.31.